The maximum absolute atomic E-state index is 8.87. The quantitative estimate of drug-likeness (QED) is 0.663. The molecule has 0 aromatic carbocycles. The first-order valence-electron chi connectivity index (χ1n) is 4.96. The lowest BCUT2D eigenvalue weighted by Gasteiger charge is -2.05. The van der Waals surface area contributed by atoms with Crippen LogP contribution in [0.1, 0.15) is 19.0 Å². The molecule has 0 aliphatic carbocycles. The van der Waals surface area contributed by atoms with E-state index in [1.165, 1.54) is 0 Å². The first-order valence-corrected chi connectivity index (χ1v) is 4.96. The summed E-state index contributed by atoms with van der Waals surface area (Å²) in [5.74, 6) is 0.221. The van der Waals surface area contributed by atoms with Gasteiger partial charge in [0.2, 0.25) is 0 Å². The molecule has 1 atom stereocenters. The molecule has 80 valence electrons. The lowest BCUT2D eigenvalue weighted by atomic mass is 10.2. The molecule has 3 N–H and O–H groups in total. The van der Waals surface area contributed by atoms with E-state index in [1.54, 1.807) is 4.68 Å². The summed E-state index contributed by atoms with van der Waals surface area (Å²) in [6.07, 6.45) is 3.74. The molecule has 0 aliphatic rings. The Morgan fingerprint density at radius 1 is 1.64 bits per heavy atom. The maximum Gasteiger partial charge on any atom is 0.0827 e. The zero-order chi connectivity index (χ0) is 10.4. The van der Waals surface area contributed by atoms with Crippen molar-refractivity contribution in [1.29, 1.82) is 0 Å². The third-order valence-corrected chi connectivity index (χ3v) is 2.03. The third kappa shape index (κ3) is 3.43. The highest BCUT2D eigenvalue weighted by Gasteiger charge is 2.04. The van der Waals surface area contributed by atoms with Crippen molar-refractivity contribution in [3.63, 3.8) is 0 Å². The molecule has 0 aliphatic heterocycles. The van der Waals surface area contributed by atoms with Crippen LogP contribution in [0.4, 0.5) is 0 Å². The van der Waals surface area contributed by atoms with Crippen LogP contribution < -0.4 is 5.73 Å². The molecule has 1 rings (SSSR count). The topological polar surface area (TPSA) is 77.0 Å². The van der Waals surface area contributed by atoms with Gasteiger partial charge in [0.1, 0.15) is 0 Å². The first-order chi connectivity index (χ1) is 6.76. The molecule has 14 heavy (non-hydrogen) atoms. The van der Waals surface area contributed by atoms with E-state index >= 15 is 0 Å². The van der Waals surface area contributed by atoms with Crippen LogP contribution in [0.2, 0.25) is 0 Å². The lowest BCUT2D eigenvalue weighted by Crippen LogP contribution is -2.11. The number of aryl methyl sites for hydroxylation is 1. The lowest BCUT2D eigenvalue weighted by molar-refractivity contribution is 0.218. The molecule has 0 saturated heterocycles. The summed E-state index contributed by atoms with van der Waals surface area (Å²) < 4.78 is 1.77. The Labute approximate surface area is 83.9 Å². The van der Waals surface area contributed by atoms with Crippen LogP contribution >= 0.6 is 0 Å². The van der Waals surface area contributed by atoms with E-state index in [1.807, 2.05) is 13.1 Å². The van der Waals surface area contributed by atoms with Gasteiger partial charge in [-0.25, -0.2) is 0 Å². The fraction of sp³-hybridized carbons (Fsp3) is 0.778. The number of rotatable bonds is 6. The van der Waals surface area contributed by atoms with Gasteiger partial charge in [-0.15, -0.1) is 5.10 Å². The summed E-state index contributed by atoms with van der Waals surface area (Å²) in [6, 6.07) is 0. The molecule has 0 amide bonds. The molecule has 1 unspecified atom stereocenters. The predicted molar refractivity (Wildman–Crippen MR) is 53.6 cm³/mol. The van der Waals surface area contributed by atoms with Crippen molar-refractivity contribution < 1.29 is 5.11 Å². The molecule has 0 radical (unpaired) electrons. The number of nitrogens with two attached hydrogens (primary N) is 1. The first kappa shape index (κ1) is 11.1. The van der Waals surface area contributed by atoms with Gasteiger partial charge in [-0.1, -0.05) is 12.1 Å². The zero-order valence-electron chi connectivity index (χ0n) is 8.56. The SMILES string of the molecule is CC(CO)Cn1cc(CCCN)nn1. The number of hydrogen-bond acceptors (Lipinski definition) is 4. The molecule has 0 bridgehead atoms. The molecular weight excluding hydrogens is 180 g/mol. The van der Waals surface area contributed by atoms with Gasteiger partial charge in [0, 0.05) is 19.3 Å². The van der Waals surface area contributed by atoms with Crippen molar-refractivity contribution in [2.75, 3.05) is 13.2 Å². The summed E-state index contributed by atoms with van der Waals surface area (Å²) in [4.78, 5) is 0. The molecule has 1 heterocycles. The Hall–Kier alpha value is -0.940. The van der Waals surface area contributed by atoms with Gasteiger partial charge >= 0.3 is 0 Å². The van der Waals surface area contributed by atoms with Gasteiger partial charge in [-0.05, 0) is 25.3 Å². The van der Waals surface area contributed by atoms with Gasteiger partial charge in [0.25, 0.3) is 0 Å². The second-order valence-corrected chi connectivity index (χ2v) is 3.61. The normalized spacial score (nSPS) is 13.1. The highest BCUT2D eigenvalue weighted by atomic mass is 16.3. The summed E-state index contributed by atoms with van der Waals surface area (Å²) >= 11 is 0. The van der Waals surface area contributed by atoms with Gasteiger partial charge in [-0.3, -0.25) is 4.68 Å². The number of nitrogens with zero attached hydrogens (tertiary/aromatic N) is 3. The Balaban J connectivity index is 2.42. The van der Waals surface area contributed by atoms with Crippen molar-refractivity contribution in [3.8, 4) is 0 Å². The number of aliphatic hydroxyl groups is 1. The Kier molecular flexibility index (Phi) is 4.55. The number of aromatic nitrogens is 3. The van der Waals surface area contributed by atoms with Crippen molar-refractivity contribution in [3.05, 3.63) is 11.9 Å². The van der Waals surface area contributed by atoms with E-state index in [2.05, 4.69) is 10.3 Å². The van der Waals surface area contributed by atoms with Gasteiger partial charge in [0.05, 0.1) is 5.69 Å². The van der Waals surface area contributed by atoms with Crippen LogP contribution in [-0.4, -0.2) is 33.3 Å². The van der Waals surface area contributed by atoms with E-state index in [4.69, 9.17) is 10.8 Å². The largest absolute Gasteiger partial charge is 0.396 e. The Morgan fingerprint density at radius 2 is 2.43 bits per heavy atom. The second kappa shape index (κ2) is 5.72. The Bertz CT molecular complexity index is 261. The van der Waals surface area contributed by atoms with E-state index in [0.29, 0.717) is 13.1 Å². The fourth-order valence-electron chi connectivity index (χ4n) is 1.20. The summed E-state index contributed by atoms with van der Waals surface area (Å²) in [5, 5.41) is 16.9. The molecule has 5 nitrogen and oxygen atoms in total. The summed E-state index contributed by atoms with van der Waals surface area (Å²) in [5.41, 5.74) is 6.37. The van der Waals surface area contributed by atoms with E-state index in [0.717, 1.165) is 18.5 Å². The van der Waals surface area contributed by atoms with Crippen molar-refractivity contribution in [2.24, 2.45) is 11.7 Å². The molecule has 0 saturated carbocycles. The van der Waals surface area contributed by atoms with Crippen LogP contribution in [0, 0.1) is 5.92 Å². The summed E-state index contributed by atoms with van der Waals surface area (Å²) in [6.45, 7) is 3.55. The minimum Gasteiger partial charge on any atom is -0.396 e. The van der Waals surface area contributed by atoms with Crippen LogP contribution in [0.25, 0.3) is 0 Å². The van der Waals surface area contributed by atoms with E-state index in [9.17, 15) is 0 Å². The van der Waals surface area contributed by atoms with Crippen molar-refractivity contribution in [2.45, 2.75) is 26.3 Å². The highest BCUT2D eigenvalue weighted by molar-refractivity contribution is 4.92. The minimum absolute atomic E-state index is 0.179. The minimum atomic E-state index is 0.179. The summed E-state index contributed by atoms with van der Waals surface area (Å²) in [7, 11) is 0. The molecule has 5 heteroatoms. The van der Waals surface area contributed by atoms with Crippen LogP contribution in [-0.2, 0) is 13.0 Å². The molecule has 1 aromatic heterocycles. The zero-order valence-corrected chi connectivity index (χ0v) is 8.56. The average molecular weight is 198 g/mol. The predicted octanol–water partition coefficient (Wildman–Crippen LogP) is -0.202. The van der Waals surface area contributed by atoms with Crippen LogP contribution in [0.3, 0.4) is 0 Å². The van der Waals surface area contributed by atoms with Crippen molar-refractivity contribution in [1.82, 2.24) is 15.0 Å². The third-order valence-electron chi connectivity index (χ3n) is 2.03. The van der Waals surface area contributed by atoms with E-state index < -0.39 is 0 Å². The van der Waals surface area contributed by atoms with Gasteiger partial charge in [-0.2, -0.15) is 0 Å². The maximum atomic E-state index is 8.87. The highest BCUT2D eigenvalue weighted by Crippen LogP contribution is 2.01. The molecule has 0 spiro atoms. The molecule has 1 aromatic rings. The number of aliphatic hydroxyl groups excluding tert-OH is 1. The average Bonchev–Trinajstić information content (AvgIpc) is 2.62. The monoisotopic (exact) mass is 198 g/mol. The van der Waals surface area contributed by atoms with Crippen molar-refractivity contribution >= 4 is 0 Å². The smallest absolute Gasteiger partial charge is 0.0827 e. The fourth-order valence-corrected chi connectivity index (χ4v) is 1.20. The van der Waals surface area contributed by atoms with E-state index in [-0.39, 0.29) is 12.5 Å². The Morgan fingerprint density at radius 3 is 3.07 bits per heavy atom. The second-order valence-electron chi connectivity index (χ2n) is 3.61. The molecule has 0 fully saturated rings. The van der Waals surface area contributed by atoms with Crippen LogP contribution in [0.5, 0.6) is 0 Å². The molecular formula is C9H18N4O. The standard InChI is InChI=1S/C9H18N4O/c1-8(7-14)5-13-6-9(11-12-13)3-2-4-10/h6,8,14H,2-5,7,10H2,1H3. The van der Waals surface area contributed by atoms with Gasteiger partial charge < -0.3 is 10.8 Å². The van der Waals surface area contributed by atoms with Gasteiger partial charge in [0.15, 0.2) is 0 Å². The number of hydrogen-bond donors (Lipinski definition) is 2. The van der Waals surface area contributed by atoms with Crippen LogP contribution in [0.15, 0.2) is 6.20 Å².